The van der Waals surface area contributed by atoms with Crippen molar-refractivity contribution in [3.05, 3.63) is 80.5 Å². The maximum atomic E-state index is 13.1. The van der Waals surface area contributed by atoms with E-state index in [-0.39, 0.29) is 29.7 Å². The number of nitro groups is 1. The molecule has 0 aromatic heterocycles. The van der Waals surface area contributed by atoms with Crippen molar-refractivity contribution in [3.8, 4) is 0 Å². The monoisotopic (exact) mass is 396 g/mol. The Kier molecular flexibility index (Phi) is 4.73. The van der Waals surface area contributed by atoms with Gasteiger partial charge in [-0.3, -0.25) is 24.6 Å². The fourth-order valence-corrected chi connectivity index (χ4v) is 4.31. The maximum absolute atomic E-state index is 13.1. The lowest BCUT2D eigenvalue weighted by molar-refractivity contribution is -0.384. The van der Waals surface area contributed by atoms with Crippen LogP contribution in [0.5, 0.6) is 0 Å². The molecule has 2 aromatic rings. The summed E-state index contributed by atoms with van der Waals surface area (Å²) in [5.41, 5.74) is 2.60. The van der Waals surface area contributed by atoms with Crippen LogP contribution in [0, 0.1) is 10.1 Å². The molecule has 0 bridgehead atoms. The van der Waals surface area contributed by atoms with Gasteiger partial charge in [-0.15, -0.1) is 0 Å². The van der Waals surface area contributed by atoms with Crippen LogP contribution in [0.25, 0.3) is 0 Å². The third-order valence-corrected chi connectivity index (χ3v) is 5.62. The minimum atomic E-state index is -0.482. The highest BCUT2D eigenvalue weighted by atomic mass is 35.5. The number of nitrogens with zero attached hydrogens (tertiary/aromatic N) is 2. The van der Waals surface area contributed by atoms with Crippen molar-refractivity contribution in [1.82, 2.24) is 0 Å². The van der Waals surface area contributed by atoms with Crippen LogP contribution in [0.2, 0.25) is 5.02 Å². The molecule has 1 aliphatic heterocycles. The molecule has 0 saturated heterocycles. The van der Waals surface area contributed by atoms with E-state index in [9.17, 15) is 19.7 Å². The summed E-state index contributed by atoms with van der Waals surface area (Å²) in [5, 5.41) is 11.5. The fourth-order valence-electron chi connectivity index (χ4n) is 4.04. The van der Waals surface area contributed by atoms with Crippen molar-refractivity contribution in [2.45, 2.75) is 31.6 Å². The number of hydrogen-bond acceptors (Lipinski definition) is 4. The van der Waals surface area contributed by atoms with Crippen LogP contribution in [0.4, 0.5) is 11.4 Å². The zero-order valence-corrected chi connectivity index (χ0v) is 15.7. The van der Waals surface area contributed by atoms with Gasteiger partial charge in [-0.05, 0) is 36.6 Å². The molecule has 0 spiro atoms. The molecule has 2 aliphatic rings. The van der Waals surface area contributed by atoms with Gasteiger partial charge in [0.1, 0.15) is 0 Å². The lowest BCUT2D eigenvalue weighted by Gasteiger charge is -2.38. The Hall–Kier alpha value is -2.99. The van der Waals surface area contributed by atoms with Crippen molar-refractivity contribution in [1.29, 1.82) is 0 Å². The smallest absolute Gasteiger partial charge is 0.269 e. The Morgan fingerprint density at radius 2 is 1.75 bits per heavy atom. The van der Waals surface area contributed by atoms with Gasteiger partial charge in [0.05, 0.1) is 4.92 Å². The lowest BCUT2D eigenvalue weighted by atomic mass is 9.77. The van der Waals surface area contributed by atoms with E-state index in [0.29, 0.717) is 41.2 Å². The van der Waals surface area contributed by atoms with E-state index in [4.69, 9.17) is 11.6 Å². The third-order valence-electron chi connectivity index (χ3n) is 5.27. The first-order valence-electron chi connectivity index (χ1n) is 9.05. The number of Topliss-reactive ketones (excluding diaryl/α,β-unsaturated/α-hetero) is 1. The molecule has 1 amide bonds. The van der Waals surface area contributed by atoms with Crippen LogP contribution in [0.1, 0.15) is 37.2 Å². The van der Waals surface area contributed by atoms with Gasteiger partial charge in [0.25, 0.3) is 5.69 Å². The Balaban J connectivity index is 1.83. The second kappa shape index (κ2) is 7.20. The summed E-state index contributed by atoms with van der Waals surface area (Å²) < 4.78 is 0. The number of rotatable bonds is 3. The Morgan fingerprint density at radius 3 is 2.43 bits per heavy atom. The summed E-state index contributed by atoms with van der Waals surface area (Å²) in [7, 11) is 0. The Labute approximate surface area is 166 Å². The summed E-state index contributed by atoms with van der Waals surface area (Å²) in [6, 6.07) is 13.1. The average Bonchev–Trinajstić information content (AvgIpc) is 2.68. The number of amides is 1. The van der Waals surface area contributed by atoms with Crippen LogP contribution in [-0.4, -0.2) is 16.6 Å². The Bertz CT molecular complexity index is 1010. The number of carbonyl (C=O) groups is 2. The summed E-state index contributed by atoms with van der Waals surface area (Å²) in [6.07, 6.45) is 1.85. The summed E-state index contributed by atoms with van der Waals surface area (Å²) >= 11 is 6.36. The number of anilines is 1. The maximum Gasteiger partial charge on any atom is 0.269 e. The van der Waals surface area contributed by atoms with Gasteiger partial charge in [0.15, 0.2) is 5.78 Å². The van der Waals surface area contributed by atoms with Crippen LogP contribution >= 0.6 is 11.6 Å². The van der Waals surface area contributed by atoms with Crippen LogP contribution in [-0.2, 0) is 9.59 Å². The molecule has 1 unspecified atom stereocenters. The van der Waals surface area contributed by atoms with Gasteiger partial charge in [-0.1, -0.05) is 29.8 Å². The topological polar surface area (TPSA) is 80.5 Å². The first kappa shape index (κ1) is 18.4. The van der Waals surface area contributed by atoms with E-state index in [0.717, 1.165) is 5.56 Å². The lowest BCUT2D eigenvalue weighted by Crippen LogP contribution is -2.40. The highest BCUT2D eigenvalue weighted by Crippen LogP contribution is 2.44. The molecule has 2 aromatic carbocycles. The van der Waals surface area contributed by atoms with Gasteiger partial charge >= 0.3 is 0 Å². The number of non-ortho nitro benzene ring substituents is 1. The quantitative estimate of drug-likeness (QED) is 0.552. The minimum Gasteiger partial charge on any atom is -0.294 e. The molecular formula is C21H17ClN2O4. The highest BCUT2D eigenvalue weighted by molar-refractivity contribution is 6.31. The predicted octanol–water partition coefficient (Wildman–Crippen LogP) is 4.78. The van der Waals surface area contributed by atoms with E-state index in [1.54, 1.807) is 23.1 Å². The van der Waals surface area contributed by atoms with E-state index >= 15 is 0 Å². The standard InChI is InChI=1S/C21H17ClN2O4/c22-17-5-2-1-4-15(17)16-12-20(26)23(18-6-3-7-19(25)21(16)18)13-8-10-14(11-9-13)24(27)28/h1-2,4-5,8-11,16H,3,6-7,12H2. The third kappa shape index (κ3) is 3.10. The molecule has 1 heterocycles. The van der Waals surface area contributed by atoms with E-state index in [2.05, 4.69) is 0 Å². The number of nitro benzene ring substituents is 1. The summed E-state index contributed by atoms with van der Waals surface area (Å²) in [4.78, 5) is 37.9. The van der Waals surface area contributed by atoms with Crippen molar-refractivity contribution < 1.29 is 14.5 Å². The van der Waals surface area contributed by atoms with Crippen LogP contribution in [0.15, 0.2) is 59.8 Å². The SMILES string of the molecule is O=C1CCCC2=C1C(c1ccccc1Cl)CC(=O)N2c1ccc([N+](=O)[O-])cc1. The van der Waals surface area contributed by atoms with Crippen LogP contribution in [0.3, 0.4) is 0 Å². The second-order valence-corrected chi connectivity index (χ2v) is 7.33. The van der Waals surface area contributed by atoms with Gasteiger partial charge in [0, 0.05) is 52.9 Å². The largest absolute Gasteiger partial charge is 0.294 e. The zero-order chi connectivity index (χ0) is 19.8. The number of halogens is 1. The van der Waals surface area contributed by atoms with Gasteiger partial charge in [-0.25, -0.2) is 0 Å². The molecular weight excluding hydrogens is 380 g/mol. The molecule has 7 heteroatoms. The molecule has 1 aliphatic carbocycles. The van der Waals surface area contributed by atoms with Gasteiger partial charge in [0.2, 0.25) is 5.91 Å². The number of allylic oxidation sites excluding steroid dienone is 2. The molecule has 0 fully saturated rings. The second-order valence-electron chi connectivity index (χ2n) is 6.92. The first-order chi connectivity index (χ1) is 13.5. The molecule has 0 N–H and O–H groups in total. The van der Waals surface area contributed by atoms with E-state index < -0.39 is 4.92 Å². The predicted molar refractivity (Wildman–Crippen MR) is 105 cm³/mol. The van der Waals surface area contributed by atoms with Crippen molar-refractivity contribution in [3.63, 3.8) is 0 Å². The normalized spacial score (nSPS) is 19.6. The van der Waals surface area contributed by atoms with Crippen molar-refractivity contribution in [2.75, 3.05) is 4.90 Å². The fraction of sp³-hybridized carbons (Fsp3) is 0.238. The summed E-state index contributed by atoms with van der Waals surface area (Å²) in [6.45, 7) is 0. The average molecular weight is 397 g/mol. The van der Waals surface area contributed by atoms with E-state index in [1.165, 1.54) is 12.1 Å². The molecule has 4 rings (SSSR count). The molecule has 142 valence electrons. The van der Waals surface area contributed by atoms with Crippen molar-refractivity contribution >= 4 is 34.7 Å². The zero-order valence-electron chi connectivity index (χ0n) is 14.9. The molecule has 28 heavy (non-hydrogen) atoms. The van der Waals surface area contributed by atoms with Crippen molar-refractivity contribution in [2.24, 2.45) is 0 Å². The minimum absolute atomic E-state index is 0.0329. The highest BCUT2D eigenvalue weighted by Gasteiger charge is 2.40. The van der Waals surface area contributed by atoms with Crippen LogP contribution < -0.4 is 4.90 Å². The Morgan fingerprint density at radius 1 is 1.04 bits per heavy atom. The summed E-state index contributed by atoms with van der Waals surface area (Å²) in [5.74, 6) is -0.476. The molecule has 0 radical (unpaired) electrons. The van der Waals surface area contributed by atoms with Gasteiger partial charge < -0.3 is 0 Å². The number of carbonyl (C=O) groups excluding carboxylic acids is 2. The number of hydrogen-bond donors (Lipinski definition) is 0. The molecule has 1 atom stereocenters. The van der Waals surface area contributed by atoms with Gasteiger partial charge in [-0.2, -0.15) is 0 Å². The molecule has 6 nitrogen and oxygen atoms in total. The van der Waals surface area contributed by atoms with E-state index in [1.807, 2.05) is 18.2 Å². The first-order valence-corrected chi connectivity index (χ1v) is 9.43. The molecule has 0 saturated carbocycles. The number of benzene rings is 2. The number of ketones is 1.